The maximum atomic E-state index is 10.9. The highest BCUT2D eigenvalue weighted by Crippen LogP contribution is 2.38. The number of benzene rings is 1. The van der Waals surface area contributed by atoms with Crippen molar-refractivity contribution in [3.05, 3.63) is 29.8 Å². The van der Waals surface area contributed by atoms with Crippen molar-refractivity contribution in [1.29, 1.82) is 0 Å². The summed E-state index contributed by atoms with van der Waals surface area (Å²) in [5.74, 6) is 0.426. The van der Waals surface area contributed by atoms with Crippen LogP contribution in [0.25, 0.3) is 0 Å². The first-order chi connectivity index (χ1) is 8.09. The summed E-state index contributed by atoms with van der Waals surface area (Å²) in [4.78, 5) is 10.9. The number of aliphatic carboxylic acids is 1. The quantitative estimate of drug-likeness (QED) is 0.871. The van der Waals surface area contributed by atoms with Crippen molar-refractivity contribution in [2.24, 2.45) is 11.8 Å². The minimum atomic E-state index is -0.718. The van der Waals surface area contributed by atoms with E-state index in [-0.39, 0.29) is 11.8 Å². The third-order valence-corrected chi connectivity index (χ3v) is 3.70. The standard InChI is InChI=1S/C14H18O3/c1-9(10(2)14(15)16)7-11-8-17-13-6-4-3-5-12(11)13/h3-6,9-11H,7-8H2,1-2H3,(H,15,16). The molecule has 0 bridgehead atoms. The zero-order valence-electron chi connectivity index (χ0n) is 10.2. The molecule has 0 saturated heterocycles. The third kappa shape index (κ3) is 2.43. The van der Waals surface area contributed by atoms with Crippen LogP contribution < -0.4 is 4.74 Å². The fourth-order valence-electron chi connectivity index (χ4n) is 2.32. The SMILES string of the molecule is CC(CC1COc2ccccc21)C(C)C(=O)O. The molecule has 0 radical (unpaired) electrons. The molecule has 0 aromatic heterocycles. The Morgan fingerprint density at radius 1 is 1.47 bits per heavy atom. The second-order valence-electron chi connectivity index (χ2n) is 4.89. The summed E-state index contributed by atoms with van der Waals surface area (Å²) in [5.41, 5.74) is 1.22. The summed E-state index contributed by atoms with van der Waals surface area (Å²) >= 11 is 0. The zero-order chi connectivity index (χ0) is 12.4. The molecule has 92 valence electrons. The molecule has 1 N–H and O–H groups in total. The Morgan fingerprint density at radius 2 is 2.18 bits per heavy atom. The van der Waals surface area contributed by atoms with Gasteiger partial charge in [-0.3, -0.25) is 4.79 Å². The Bertz CT molecular complexity index is 414. The third-order valence-electron chi connectivity index (χ3n) is 3.70. The van der Waals surface area contributed by atoms with Gasteiger partial charge in [0.2, 0.25) is 0 Å². The lowest BCUT2D eigenvalue weighted by atomic mass is 9.84. The molecule has 1 aliphatic rings. The predicted molar refractivity (Wildman–Crippen MR) is 65.3 cm³/mol. The lowest BCUT2D eigenvalue weighted by Crippen LogP contribution is -2.20. The van der Waals surface area contributed by atoms with Crippen LogP contribution in [0, 0.1) is 11.8 Å². The van der Waals surface area contributed by atoms with Crippen LogP contribution in [0.15, 0.2) is 24.3 Å². The molecule has 0 aliphatic carbocycles. The molecule has 0 amide bonds. The number of fused-ring (bicyclic) bond motifs is 1. The monoisotopic (exact) mass is 234 g/mol. The van der Waals surface area contributed by atoms with Gasteiger partial charge in [0.15, 0.2) is 0 Å². The van der Waals surface area contributed by atoms with E-state index < -0.39 is 5.97 Å². The fraction of sp³-hybridized carbons (Fsp3) is 0.500. The molecule has 0 fully saturated rings. The molecule has 3 atom stereocenters. The second-order valence-corrected chi connectivity index (χ2v) is 4.89. The molecule has 3 unspecified atom stereocenters. The molecule has 0 saturated carbocycles. The van der Waals surface area contributed by atoms with E-state index in [0.29, 0.717) is 12.5 Å². The van der Waals surface area contributed by atoms with Crippen LogP contribution in [0.4, 0.5) is 0 Å². The highest BCUT2D eigenvalue weighted by Gasteiger charge is 2.28. The number of carboxylic acids is 1. The number of rotatable bonds is 4. The molecule has 1 heterocycles. The largest absolute Gasteiger partial charge is 0.493 e. The van der Waals surface area contributed by atoms with Gasteiger partial charge in [-0.1, -0.05) is 32.0 Å². The number of carbonyl (C=O) groups is 1. The van der Waals surface area contributed by atoms with Crippen LogP contribution in [-0.2, 0) is 4.79 Å². The average Bonchev–Trinajstić information content (AvgIpc) is 2.71. The molecule has 0 spiro atoms. The van der Waals surface area contributed by atoms with Gasteiger partial charge in [0.05, 0.1) is 12.5 Å². The van der Waals surface area contributed by atoms with Crippen molar-refractivity contribution in [2.45, 2.75) is 26.2 Å². The number of ether oxygens (including phenoxy) is 1. The topological polar surface area (TPSA) is 46.5 Å². The van der Waals surface area contributed by atoms with E-state index in [1.54, 1.807) is 6.92 Å². The van der Waals surface area contributed by atoms with Crippen molar-refractivity contribution >= 4 is 5.97 Å². The molecule has 1 aromatic rings. The first kappa shape index (κ1) is 12.0. The minimum Gasteiger partial charge on any atom is -0.493 e. The summed E-state index contributed by atoms with van der Waals surface area (Å²) in [6, 6.07) is 8.02. The van der Waals surface area contributed by atoms with E-state index in [1.807, 2.05) is 25.1 Å². The van der Waals surface area contributed by atoms with Gasteiger partial charge in [-0.15, -0.1) is 0 Å². The van der Waals surface area contributed by atoms with E-state index in [1.165, 1.54) is 5.56 Å². The van der Waals surface area contributed by atoms with Crippen LogP contribution in [0.5, 0.6) is 5.75 Å². The van der Waals surface area contributed by atoms with Crippen LogP contribution >= 0.6 is 0 Å². The molecule has 1 aromatic carbocycles. The summed E-state index contributed by atoms with van der Waals surface area (Å²) in [6.07, 6.45) is 0.866. The molecular formula is C14H18O3. The van der Waals surface area contributed by atoms with Crippen molar-refractivity contribution in [3.8, 4) is 5.75 Å². The van der Waals surface area contributed by atoms with Gasteiger partial charge >= 0.3 is 5.97 Å². The van der Waals surface area contributed by atoms with Gasteiger partial charge in [0, 0.05) is 11.5 Å². The molecule has 3 heteroatoms. The van der Waals surface area contributed by atoms with Crippen molar-refractivity contribution in [1.82, 2.24) is 0 Å². The van der Waals surface area contributed by atoms with Gasteiger partial charge in [0.25, 0.3) is 0 Å². The Labute approximate surface area is 101 Å². The smallest absolute Gasteiger partial charge is 0.306 e. The molecule has 2 rings (SSSR count). The normalized spacial score (nSPS) is 21.4. The van der Waals surface area contributed by atoms with Gasteiger partial charge in [-0.2, -0.15) is 0 Å². The van der Waals surface area contributed by atoms with E-state index in [2.05, 4.69) is 6.07 Å². The highest BCUT2D eigenvalue weighted by atomic mass is 16.5. The van der Waals surface area contributed by atoms with Gasteiger partial charge in [-0.05, 0) is 18.4 Å². The minimum absolute atomic E-state index is 0.159. The van der Waals surface area contributed by atoms with E-state index >= 15 is 0 Å². The maximum absolute atomic E-state index is 10.9. The lowest BCUT2D eigenvalue weighted by Gasteiger charge is -2.19. The van der Waals surface area contributed by atoms with Crippen molar-refractivity contribution < 1.29 is 14.6 Å². The summed E-state index contributed by atoms with van der Waals surface area (Å²) in [5, 5.41) is 8.99. The summed E-state index contributed by atoms with van der Waals surface area (Å²) in [7, 11) is 0. The number of carboxylic acid groups (broad SMARTS) is 1. The molecule has 3 nitrogen and oxygen atoms in total. The van der Waals surface area contributed by atoms with Gasteiger partial charge in [0.1, 0.15) is 5.75 Å². The zero-order valence-corrected chi connectivity index (χ0v) is 10.2. The summed E-state index contributed by atoms with van der Waals surface area (Å²) in [6.45, 7) is 4.45. The number of hydrogen-bond acceptors (Lipinski definition) is 2. The van der Waals surface area contributed by atoms with E-state index in [9.17, 15) is 4.79 Å². The molecule has 1 aliphatic heterocycles. The molecule has 17 heavy (non-hydrogen) atoms. The molecular weight excluding hydrogens is 216 g/mol. The Hall–Kier alpha value is -1.51. The average molecular weight is 234 g/mol. The van der Waals surface area contributed by atoms with Crippen LogP contribution in [-0.4, -0.2) is 17.7 Å². The van der Waals surface area contributed by atoms with E-state index in [0.717, 1.165) is 12.2 Å². The number of hydrogen-bond donors (Lipinski definition) is 1. The van der Waals surface area contributed by atoms with Gasteiger partial charge in [-0.25, -0.2) is 0 Å². The maximum Gasteiger partial charge on any atom is 0.306 e. The van der Waals surface area contributed by atoms with Gasteiger partial charge < -0.3 is 9.84 Å². The Morgan fingerprint density at radius 3 is 2.88 bits per heavy atom. The Balaban J connectivity index is 2.04. The predicted octanol–water partition coefficient (Wildman–Crippen LogP) is 2.91. The van der Waals surface area contributed by atoms with Crippen LogP contribution in [0.3, 0.4) is 0 Å². The van der Waals surface area contributed by atoms with E-state index in [4.69, 9.17) is 9.84 Å². The first-order valence-corrected chi connectivity index (χ1v) is 6.04. The first-order valence-electron chi connectivity index (χ1n) is 6.04. The fourth-order valence-corrected chi connectivity index (χ4v) is 2.32. The highest BCUT2D eigenvalue weighted by molar-refractivity contribution is 5.69. The van der Waals surface area contributed by atoms with Crippen LogP contribution in [0.2, 0.25) is 0 Å². The Kier molecular flexibility index (Phi) is 3.36. The number of para-hydroxylation sites is 1. The summed E-state index contributed by atoms with van der Waals surface area (Å²) < 4.78 is 5.60. The lowest BCUT2D eigenvalue weighted by molar-refractivity contribution is -0.142. The van der Waals surface area contributed by atoms with Crippen molar-refractivity contribution in [3.63, 3.8) is 0 Å². The second kappa shape index (κ2) is 4.78. The van der Waals surface area contributed by atoms with Crippen molar-refractivity contribution in [2.75, 3.05) is 6.61 Å². The van der Waals surface area contributed by atoms with Crippen LogP contribution in [0.1, 0.15) is 31.7 Å².